The Morgan fingerprint density at radius 3 is 1.93 bits per heavy atom. The maximum absolute atomic E-state index is 13.0. The number of nitrogens with one attached hydrogen (secondary N) is 1. The molecule has 6 nitrogen and oxygen atoms in total. The van der Waals surface area contributed by atoms with Crippen LogP contribution in [0.15, 0.2) is 60.7 Å². The van der Waals surface area contributed by atoms with Crippen molar-refractivity contribution in [3.63, 3.8) is 0 Å². The van der Waals surface area contributed by atoms with Crippen LogP contribution in [0.5, 0.6) is 0 Å². The van der Waals surface area contributed by atoms with Crippen molar-refractivity contribution in [2.45, 2.75) is 26.3 Å². The third-order valence-corrected chi connectivity index (χ3v) is 5.36. The lowest BCUT2D eigenvalue weighted by Gasteiger charge is -2.36. The van der Waals surface area contributed by atoms with Gasteiger partial charge >= 0.3 is 0 Å². The number of benzene rings is 2. The summed E-state index contributed by atoms with van der Waals surface area (Å²) in [5, 5.41) is 3.01. The first-order valence-corrected chi connectivity index (χ1v) is 10.4. The van der Waals surface area contributed by atoms with Gasteiger partial charge in [0, 0.05) is 37.7 Å². The largest absolute Gasteiger partial charge is 0.345 e. The molecule has 0 radical (unpaired) electrons. The molecule has 1 aliphatic rings. The fourth-order valence-electron chi connectivity index (χ4n) is 3.61. The maximum atomic E-state index is 13.0. The van der Waals surface area contributed by atoms with E-state index >= 15 is 0 Å². The number of hydrogen-bond donors (Lipinski definition) is 1. The average Bonchev–Trinajstić information content (AvgIpc) is 2.79. The van der Waals surface area contributed by atoms with Crippen molar-refractivity contribution >= 4 is 17.7 Å². The highest BCUT2D eigenvalue weighted by Crippen LogP contribution is 2.20. The van der Waals surface area contributed by atoms with Gasteiger partial charge in [-0.25, -0.2) is 0 Å². The first kappa shape index (κ1) is 21.6. The lowest BCUT2D eigenvalue weighted by molar-refractivity contribution is -0.141. The third-order valence-electron chi connectivity index (χ3n) is 5.36. The highest BCUT2D eigenvalue weighted by atomic mass is 16.2. The maximum Gasteiger partial charge on any atom is 0.251 e. The number of nitrogens with zero attached hydrogens (tertiary/aromatic N) is 2. The second kappa shape index (κ2) is 10.1. The summed E-state index contributed by atoms with van der Waals surface area (Å²) < 4.78 is 0. The summed E-state index contributed by atoms with van der Waals surface area (Å²) in [7, 11) is 0. The molecule has 1 saturated heterocycles. The molecule has 2 aromatic carbocycles. The third kappa shape index (κ3) is 5.47. The van der Waals surface area contributed by atoms with Gasteiger partial charge in [0.15, 0.2) is 0 Å². The van der Waals surface area contributed by atoms with Crippen LogP contribution in [0.1, 0.15) is 42.2 Å². The molecule has 6 heteroatoms. The Kier molecular flexibility index (Phi) is 7.22. The van der Waals surface area contributed by atoms with Gasteiger partial charge in [-0.15, -0.1) is 0 Å². The van der Waals surface area contributed by atoms with Crippen LogP contribution in [0.4, 0.5) is 0 Å². The minimum Gasteiger partial charge on any atom is -0.345 e. The van der Waals surface area contributed by atoms with E-state index in [9.17, 15) is 14.4 Å². The van der Waals surface area contributed by atoms with Gasteiger partial charge < -0.3 is 15.1 Å². The van der Waals surface area contributed by atoms with Crippen molar-refractivity contribution in [1.29, 1.82) is 0 Å². The first-order chi connectivity index (χ1) is 14.5. The Morgan fingerprint density at radius 1 is 0.833 bits per heavy atom. The van der Waals surface area contributed by atoms with E-state index in [-0.39, 0.29) is 30.1 Å². The van der Waals surface area contributed by atoms with Crippen LogP contribution in [0.2, 0.25) is 0 Å². The molecular formula is C24H29N3O3. The van der Waals surface area contributed by atoms with E-state index in [0.29, 0.717) is 31.7 Å². The summed E-state index contributed by atoms with van der Waals surface area (Å²) in [6.07, 6.45) is 0.181. The highest BCUT2D eigenvalue weighted by molar-refractivity contribution is 5.94. The van der Waals surface area contributed by atoms with Crippen LogP contribution >= 0.6 is 0 Å². The van der Waals surface area contributed by atoms with E-state index < -0.39 is 6.04 Å². The number of carbonyl (C=O) groups excluding carboxylic acids is 3. The van der Waals surface area contributed by atoms with Crippen LogP contribution < -0.4 is 5.32 Å². The van der Waals surface area contributed by atoms with Gasteiger partial charge in [-0.2, -0.15) is 0 Å². The highest BCUT2D eigenvalue weighted by Gasteiger charge is 2.27. The molecule has 3 amide bonds. The zero-order chi connectivity index (χ0) is 21.5. The SMILES string of the molecule is CC(C)C(=O)N1CCN(C(=O)CC(NC(=O)c2ccccc2)c2ccccc2)CC1. The van der Waals surface area contributed by atoms with Gasteiger partial charge in [-0.3, -0.25) is 14.4 Å². The van der Waals surface area contributed by atoms with E-state index in [1.165, 1.54) is 0 Å². The Hall–Kier alpha value is -3.15. The molecule has 0 aliphatic carbocycles. The average molecular weight is 408 g/mol. The molecule has 0 aromatic heterocycles. The number of hydrogen-bond acceptors (Lipinski definition) is 3. The van der Waals surface area contributed by atoms with Gasteiger partial charge in [-0.05, 0) is 17.7 Å². The van der Waals surface area contributed by atoms with E-state index in [2.05, 4.69) is 5.32 Å². The molecule has 0 bridgehead atoms. The Balaban J connectivity index is 1.66. The number of amides is 3. The molecule has 1 heterocycles. The van der Waals surface area contributed by atoms with Gasteiger partial charge in [0.25, 0.3) is 5.91 Å². The Bertz CT molecular complexity index is 860. The zero-order valence-corrected chi connectivity index (χ0v) is 17.6. The van der Waals surface area contributed by atoms with Crippen molar-refractivity contribution in [1.82, 2.24) is 15.1 Å². The Morgan fingerprint density at radius 2 is 1.37 bits per heavy atom. The number of carbonyl (C=O) groups is 3. The van der Waals surface area contributed by atoms with Crippen LogP contribution in [-0.2, 0) is 9.59 Å². The molecule has 1 N–H and O–H groups in total. The summed E-state index contributed by atoms with van der Waals surface area (Å²) in [4.78, 5) is 41.4. The fourth-order valence-corrected chi connectivity index (χ4v) is 3.61. The molecule has 2 aromatic rings. The molecule has 1 fully saturated rings. The standard InChI is InChI=1S/C24H29N3O3/c1-18(2)24(30)27-15-13-26(14-16-27)22(28)17-21(19-9-5-3-6-10-19)25-23(29)20-11-7-4-8-12-20/h3-12,18,21H,13-17H2,1-2H3,(H,25,29). The summed E-state index contributed by atoms with van der Waals surface area (Å²) in [6, 6.07) is 18.1. The lowest BCUT2D eigenvalue weighted by Crippen LogP contribution is -2.52. The molecule has 1 atom stereocenters. The van der Waals surface area contributed by atoms with Gasteiger partial charge in [-0.1, -0.05) is 62.4 Å². The predicted molar refractivity (Wildman–Crippen MR) is 116 cm³/mol. The van der Waals surface area contributed by atoms with Crippen molar-refractivity contribution < 1.29 is 14.4 Å². The van der Waals surface area contributed by atoms with Crippen LogP contribution in [-0.4, -0.2) is 53.7 Å². The van der Waals surface area contributed by atoms with Crippen LogP contribution in [0.3, 0.4) is 0 Å². The van der Waals surface area contributed by atoms with Crippen LogP contribution in [0.25, 0.3) is 0 Å². The van der Waals surface area contributed by atoms with Crippen molar-refractivity contribution in [2.75, 3.05) is 26.2 Å². The van der Waals surface area contributed by atoms with Gasteiger partial charge in [0.1, 0.15) is 0 Å². The molecule has 0 saturated carbocycles. The summed E-state index contributed by atoms with van der Waals surface area (Å²) >= 11 is 0. The second-order valence-corrected chi connectivity index (χ2v) is 7.87. The van der Waals surface area contributed by atoms with Crippen LogP contribution in [0, 0.1) is 5.92 Å². The molecule has 3 rings (SSSR count). The fraction of sp³-hybridized carbons (Fsp3) is 0.375. The molecule has 1 unspecified atom stereocenters. The topological polar surface area (TPSA) is 69.7 Å². The smallest absolute Gasteiger partial charge is 0.251 e. The molecular weight excluding hydrogens is 378 g/mol. The minimum atomic E-state index is -0.415. The van der Waals surface area contributed by atoms with E-state index in [4.69, 9.17) is 0 Å². The summed E-state index contributed by atoms with van der Waals surface area (Å²) in [5.41, 5.74) is 1.45. The minimum absolute atomic E-state index is 0.0196. The van der Waals surface area contributed by atoms with E-state index in [0.717, 1.165) is 5.56 Å². The first-order valence-electron chi connectivity index (χ1n) is 10.4. The molecule has 0 spiro atoms. The number of rotatable bonds is 6. The number of piperazine rings is 1. The van der Waals surface area contributed by atoms with E-state index in [1.807, 2.05) is 67.3 Å². The quantitative estimate of drug-likeness (QED) is 0.801. The summed E-state index contributed by atoms with van der Waals surface area (Å²) in [6.45, 7) is 5.92. The van der Waals surface area contributed by atoms with Gasteiger partial charge in [0.2, 0.25) is 11.8 Å². The molecule has 30 heavy (non-hydrogen) atoms. The normalized spacial score (nSPS) is 15.0. The predicted octanol–water partition coefficient (Wildman–Crippen LogP) is 2.87. The molecule has 158 valence electrons. The monoisotopic (exact) mass is 407 g/mol. The van der Waals surface area contributed by atoms with Gasteiger partial charge in [0.05, 0.1) is 12.5 Å². The molecule has 1 aliphatic heterocycles. The lowest BCUT2D eigenvalue weighted by atomic mass is 10.0. The second-order valence-electron chi connectivity index (χ2n) is 7.87. The van der Waals surface area contributed by atoms with Crippen molar-refractivity contribution in [2.24, 2.45) is 5.92 Å². The summed E-state index contributed by atoms with van der Waals surface area (Å²) in [5.74, 6) is -0.138. The van der Waals surface area contributed by atoms with Crippen molar-refractivity contribution in [3.8, 4) is 0 Å². The Labute approximate surface area is 177 Å². The van der Waals surface area contributed by atoms with E-state index in [1.54, 1.807) is 17.0 Å². The zero-order valence-electron chi connectivity index (χ0n) is 17.6. The van der Waals surface area contributed by atoms with Crippen molar-refractivity contribution in [3.05, 3.63) is 71.8 Å².